The molecule has 3 nitrogen and oxygen atoms in total. The number of ether oxygens (including phenoxy) is 1. The van der Waals surface area contributed by atoms with E-state index in [0.29, 0.717) is 29.2 Å². The summed E-state index contributed by atoms with van der Waals surface area (Å²) in [6.07, 6.45) is 0. The predicted octanol–water partition coefficient (Wildman–Crippen LogP) is 3.86. The molecule has 1 unspecified atom stereocenters. The van der Waals surface area contributed by atoms with Gasteiger partial charge in [0.25, 0.3) is 5.91 Å². The topological polar surface area (TPSA) is 29.5 Å². The standard InChI is InChI=1S/C17H15F2NO2S/c1-22-13-5-2-11(3-6-13)16(21)20-8-9-23-17(20)14-7-4-12(18)10-15(14)19/h2-7,10,17H,8-9H2,1H3. The molecule has 1 aliphatic rings. The van der Waals surface area contributed by atoms with Crippen molar-refractivity contribution in [2.45, 2.75) is 5.37 Å². The lowest BCUT2D eigenvalue weighted by atomic mass is 10.1. The molecule has 1 heterocycles. The Kier molecular flexibility index (Phi) is 4.52. The lowest BCUT2D eigenvalue weighted by Crippen LogP contribution is -2.30. The molecular weight excluding hydrogens is 320 g/mol. The molecule has 23 heavy (non-hydrogen) atoms. The van der Waals surface area contributed by atoms with Gasteiger partial charge < -0.3 is 9.64 Å². The zero-order valence-corrected chi connectivity index (χ0v) is 13.3. The van der Waals surface area contributed by atoms with E-state index in [1.807, 2.05) is 0 Å². The highest BCUT2D eigenvalue weighted by Crippen LogP contribution is 2.40. The summed E-state index contributed by atoms with van der Waals surface area (Å²) in [6, 6.07) is 10.3. The normalized spacial score (nSPS) is 17.3. The summed E-state index contributed by atoms with van der Waals surface area (Å²) in [7, 11) is 1.56. The van der Waals surface area contributed by atoms with E-state index in [0.717, 1.165) is 6.07 Å². The van der Waals surface area contributed by atoms with Crippen LogP contribution in [-0.4, -0.2) is 30.2 Å². The largest absolute Gasteiger partial charge is 0.497 e. The highest BCUT2D eigenvalue weighted by molar-refractivity contribution is 7.99. The maximum Gasteiger partial charge on any atom is 0.255 e. The fourth-order valence-electron chi connectivity index (χ4n) is 2.54. The van der Waals surface area contributed by atoms with Crippen LogP contribution in [0.5, 0.6) is 5.75 Å². The minimum atomic E-state index is -0.628. The molecular formula is C17H15F2NO2S. The third-order valence-electron chi connectivity index (χ3n) is 3.72. The monoisotopic (exact) mass is 335 g/mol. The smallest absolute Gasteiger partial charge is 0.255 e. The van der Waals surface area contributed by atoms with Gasteiger partial charge in [-0.1, -0.05) is 6.07 Å². The molecule has 6 heteroatoms. The van der Waals surface area contributed by atoms with Gasteiger partial charge in [0.15, 0.2) is 0 Å². The van der Waals surface area contributed by atoms with Crippen molar-refractivity contribution in [3.8, 4) is 5.75 Å². The van der Waals surface area contributed by atoms with Crippen LogP contribution in [0.3, 0.4) is 0 Å². The van der Waals surface area contributed by atoms with Crippen LogP contribution >= 0.6 is 11.8 Å². The van der Waals surface area contributed by atoms with Gasteiger partial charge in [-0.15, -0.1) is 11.8 Å². The fraction of sp³-hybridized carbons (Fsp3) is 0.235. The first kappa shape index (κ1) is 15.8. The molecule has 1 amide bonds. The van der Waals surface area contributed by atoms with Crippen LogP contribution in [0.2, 0.25) is 0 Å². The van der Waals surface area contributed by atoms with Gasteiger partial charge in [0.1, 0.15) is 22.8 Å². The second-order valence-corrected chi connectivity index (χ2v) is 6.30. The zero-order chi connectivity index (χ0) is 16.4. The Morgan fingerprint density at radius 1 is 1.22 bits per heavy atom. The van der Waals surface area contributed by atoms with E-state index in [1.165, 1.54) is 23.9 Å². The van der Waals surface area contributed by atoms with E-state index in [4.69, 9.17) is 4.74 Å². The Balaban J connectivity index is 1.86. The minimum Gasteiger partial charge on any atom is -0.497 e. The third-order valence-corrected chi connectivity index (χ3v) is 4.96. The van der Waals surface area contributed by atoms with Crippen molar-refractivity contribution in [2.24, 2.45) is 0 Å². The SMILES string of the molecule is COc1ccc(C(=O)N2CCSC2c2ccc(F)cc2F)cc1. The van der Waals surface area contributed by atoms with Crippen molar-refractivity contribution in [3.63, 3.8) is 0 Å². The van der Waals surface area contributed by atoms with Crippen molar-refractivity contribution in [3.05, 3.63) is 65.2 Å². The number of benzene rings is 2. The van der Waals surface area contributed by atoms with E-state index in [9.17, 15) is 13.6 Å². The van der Waals surface area contributed by atoms with Gasteiger partial charge in [-0.25, -0.2) is 8.78 Å². The van der Waals surface area contributed by atoms with Crippen molar-refractivity contribution < 1.29 is 18.3 Å². The lowest BCUT2D eigenvalue weighted by Gasteiger charge is -2.24. The van der Waals surface area contributed by atoms with E-state index in [2.05, 4.69) is 0 Å². The molecule has 120 valence electrons. The molecule has 1 saturated heterocycles. The molecule has 0 radical (unpaired) electrons. The number of carbonyl (C=O) groups excluding carboxylic acids is 1. The van der Waals surface area contributed by atoms with Gasteiger partial charge in [0, 0.05) is 29.5 Å². The Morgan fingerprint density at radius 3 is 2.61 bits per heavy atom. The Morgan fingerprint density at radius 2 is 1.96 bits per heavy atom. The molecule has 0 N–H and O–H groups in total. The Hall–Kier alpha value is -2.08. The fourth-order valence-corrected chi connectivity index (χ4v) is 3.81. The van der Waals surface area contributed by atoms with Gasteiger partial charge in [-0.05, 0) is 30.3 Å². The van der Waals surface area contributed by atoms with Crippen LogP contribution in [0, 0.1) is 11.6 Å². The molecule has 0 aliphatic carbocycles. The third kappa shape index (κ3) is 3.17. The summed E-state index contributed by atoms with van der Waals surface area (Å²) in [6.45, 7) is 0.525. The predicted molar refractivity (Wildman–Crippen MR) is 85.6 cm³/mol. The summed E-state index contributed by atoms with van der Waals surface area (Å²) in [5.74, 6) is -0.0484. The maximum atomic E-state index is 14.0. The summed E-state index contributed by atoms with van der Waals surface area (Å²) in [4.78, 5) is 14.3. The molecule has 0 saturated carbocycles. The summed E-state index contributed by atoms with van der Waals surface area (Å²) >= 11 is 1.47. The quantitative estimate of drug-likeness (QED) is 0.853. The summed E-state index contributed by atoms with van der Waals surface area (Å²) < 4.78 is 32.2. The van der Waals surface area contributed by atoms with Gasteiger partial charge in [-0.2, -0.15) is 0 Å². The van der Waals surface area contributed by atoms with Gasteiger partial charge >= 0.3 is 0 Å². The lowest BCUT2D eigenvalue weighted by molar-refractivity contribution is 0.0759. The number of halogens is 2. The molecule has 0 spiro atoms. The number of methoxy groups -OCH3 is 1. The molecule has 1 aliphatic heterocycles. The minimum absolute atomic E-state index is 0.175. The number of carbonyl (C=O) groups is 1. The molecule has 3 rings (SSSR count). The highest BCUT2D eigenvalue weighted by Gasteiger charge is 2.33. The zero-order valence-electron chi connectivity index (χ0n) is 12.5. The first-order valence-corrected chi connectivity index (χ1v) is 8.16. The van der Waals surface area contributed by atoms with Crippen LogP contribution in [0.15, 0.2) is 42.5 Å². The molecule has 1 atom stereocenters. The average Bonchev–Trinajstić information content (AvgIpc) is 3.03. The van der Waals surface area contributed by atoms with Gasteiger partial charge in [0.2, 0.25) is 0 Å². The van der Waals surface area contributed by atoms with Crippen LogP contribution in [0.1, 0.15) is 21.3 Å². The first-order chi connectivity index (χ1) is 11.1. The number of hydrogen-bond acceptors (Lipinski definition) is 3. The molecule has 2 aromatic rings. The summed E-state index contributed by atoms with van der Waals surface area (Å²) in [5, 5.41) is -0.440. The van der Waals surface area contributed by atoms with E-state index < -0.39 is 17.0 Å². The maximum absolute atomic E-state index is 14.0. The number of hydrogen-bond donors (Lipinski definition) is 0. The number of nitrogens with zero attached hydrogens (tertiary/aromatic N) is 1. The first-order valence-electron chi connectivity index (χ1n) is 7.11. The number of amides is 1. The van der Waals surface area contributed by atoms with E-state index in [1.54, 1.807) is 36.3 Å². The van der Waals surface area contributed by atoms with Crippen LogP contribution < -0.4 is 4.74 Å². The van der Waals surface area contributed by atoms with Crippen molar-refractivity contribution >= 4 is 17.7 Å². The van der Waals surface area contributed by atoms with Crippen molar-refractivity contribution in [2.75, 3.05) is 19.4 Å². The average molecular weight is 335 g/mol. The second kappa shape index (κ2) is 6.58. The van der Waals surface area contributed by atoms with Crippen molar-refractivity contribution in [1.29, 1.82) is 0 Å². The van der Waals surface area contributed by atoms with Crippen molar-refractivity contribution in [1.82, 2.24) is 4.90 Å². The van der Waals surface area contributed by atoms with Gasteiger partial charge in [-0.3, -0.25) is 4.79 Å². The van der Waals surface area contributed by atoms with E-state index >= 15 is 0 Å². The van der Waals surface area contributed by atoms with E-state index in [-0.39, 0.29) is 5.91 Å². The highest BCUT2D eigenvalue weighted by atomic mass is 32.2. The molecule has 0 aromatic heterocycles. The van der Waals surface area contributed by atoms with Crippen LogP contribution in [0.4, 0.5) is 8.78 Å². The van der Waals surface area contributed by atoms with Crippen LogP contribution in [0.25, 0.3) is 0 Å². The molecule has 0 bridgehead atoms. The number of rotatable bonds is 3. The van der Waals surface area contributed by atoms with Crippen LogP contribution in [-0.2, 0) is 0 Å². The Labute approximate surface area is 137 Å². The second-order valence-electron chi connectivity index (χ2n) is 5.12. The Bertz CT molecular complexity index is 721. The molecule has 2 aromatic carbocycles. The number of thioether (sulfide) groups is 1. The molecule has 1 fully saturated rings. The van der Waals surface area contributed by atoms with Gasteiger partial charge in [0.05, 0.1) is 7.11 Å². The summed E-state index contributed by atoms with van der Waals surface area (Å²) in [5.41, 5.74) is 0.844.